The van der Waals surface area contributed by atoms with E-state index in [0.29, 0.717) is 43.0 Å². The minimum absolute atomic E-state index is 0.0246. The van der Waals surface area contributed by atoms with Crippen molar-refractivity contribution < 1.29 is 37.0 Å². The highest BCUT2D eigenvalue weighted by molar-refractivity contribution is 6.04. The minimum atomic E-state index is -1.36. The number of piperazine rings is 1. The monoisotopic (exact) mass is 623 g/mol. The number of ether oxygens (including phenoxy) is 1. The molecule has 2 atom stereocenters. The number of rotatable bonds is 10. The molecule has 7 nitrogen and oxygen atoms in total. The Labute approximate surface area is 258 Å². The van der Waals surface area contributed by atoms with Gasteiger partial charge >= 0.3 is 6.09 Å². The van der Waals surface area contributed by atoms with E-state index in [2.05, 4.69) is 5.32 Å². The molecule has 0 radical (unpaired) electrons. The van der Waals surface area contributed by atoms with Gasteiger partial charge in [-0.25, -0.2) is 18.0 Å². The number of hydrogen-bond donors (Lipinski definition) is 2. The van der Waals surface area contributed by atoms with E-state index >= 15 is 0 Å². The van der Waals surface area contributed by atoms with Crippen LogP contribution in [0, 0.1) is 23.3 Å². The van der Waals surface area contributed by atoms with Gasteiger partial charge < -0.3 is 20.1 Å². The number of halogens is 4. The molecule has 0 aromatic heterocycles. The van der Waals surface area contributed by atoms with Crippen molar-refractivity contribution in [2.45, 2.75) is 56.8 Å². The molecule has 3 aromatic carbocycles. The van der Waals surface area contributed by atoms with Crippen molar-refractivity contribution in [3.8, 4) is 5.75 Å². The quantitative estimate of drug-likeness (QED) is 0.167. The van der Waals surface area contributed by atoms with E-state index in [0.717, 1.165) is 35.6 Å². The molecule has 2 aliphatic heterocycles. The maximum Gasteiger partial charge on any atom is 0.408 e. The van der Waals surface area contributed by atoms with E-state index < -0.39 is 41.2 Å². The van der Waals surface area contributed by atoms with Crippen LogP contribution < -0.4 is 10.1 Å². The van der Waals surface area contributed by atoms with E-state index in [1.807, 2.05) is 24.3 Å². The Bertz CT molecular complexity index is 1630. The number of fused-ring (bicyclic) bond motifs is 2. The van der Waals surface area contributed by atoms with Crippen molar-refractivity contribution >= 4 is 17.6 Å². The molecule has 1 saturated carbocycles. The van der Waals surface area contributed by atoms with Gasteiger partial charge in [-0.3, -0.25) is 9.69 Å². The predicted octanol–water partition coefficient (Wildman–Crippen LogP) is 5.92. The van der Waals surface area contributed by atoms with Crippen molar-refractivity contribution in [3.63, 3.8) is 0 Å². The summed E-state index contributed by atoms with van der Waals surface area (Å²) < 4.78 is 61.0. The first-order valence-corrected chi connectivity index (χ1v) is 15.1. The molecule has 2 N–H and O–H groups in total. The van der Waals surface area contributed by atoms with E-state index in [-0.39, 0.29) is 37.7 Å². The van der Waals surface area contributed by atoms with Crippen LogP contribution in [0.4, 0.5) is 22.4 Å². The maximum absolute atomic E-state index is 14.6. The highest BCUT2D eigenvalue weighted by Crippen LogP contribution is 2.40. The molecule has 1 saturated heterocycles. The summed E-state index contributed by atoms with van der Waals surface area (Å²) in [6, 6.07) is 14.3. The van der Waals surface area contributed by atoms with Crippen LogP contribution in [0.3, 0.4) is 0 Å². The molecule has 2 amide bonds. The summed E-state index contributed by atoms with van der Waals surface area (Å²) >= 11 is 0. The summed E-state index contributed by atoms with van der Waals surface area (Å²) in [6.07, 6.45) is 1.79. The lowest BCUT2D eigenvalue weighted by atomic mass is 9.81. The Kier molecular flexibility index (Phi) is 8.80. The number of nitrogens with zero attached hydrogens (tertiary/aromatic N) is 2. The SMILES string of the molecule is O=C(C1=C(c2ccc(CCCOc3c(F)ccc(F)c3F)cc2)C[C@@H]2CNC[C@H]1N2C(=O)O)N(Cc1ccccc1F)C1CC1. The summed E-state index contributed by atoms with van der Waals surface area (Å²) in [4.78, 5) is 29.8. The summed E-state index contributed by atoms with van der Waals surface area (Å²) in [5.74, 6) is -4.94. The zero-order chi connectivity index (χ0) is 31.7. The van der Waals surface area contributed by atoms with Crippen LogP contribution in [-0.2, 0) is 17.8 Å². The molecular weight excluding hydrogens is 590 g/mol. The van der Waals surface area contributed by atoms with Gasteiger partial charge in [-0.05, 0) is 67.0 Å². The van der Waals surface area contributed by atoms with E-state index in [1.165, 1.54) is 11.0 Å². The van der Waals surface area contributed by atoms with Gasteiger partial charge in [0.15, 0.2) is 17.4 Å². The van der Waals surface area contributed by atoms with E-state index in [4.69, 9.17) is 4.74 Å². The Morgan fingerprint density at radius 3 is 2.38 bits per heavy atom. The third kappa shape index (κ3) is 6.40. The Hall–Kier alpha value is -4.38. The fourth-order valence-corrected chi connectivity index (χ4v) is 6.31. The number of benzene rings is 3. The lowest BCUT2D eigenvalue weighted by Gasteiger charge is -2.47. The summed E-state index contributed by atoms with van der Waals surface area (Å²) in [5.41, 5.74) is 3.30. The smallest absolute Gasteiger partial charge is 0.408 e. The molecule has 1 aliphatic carbocycles. The number of carbonyl (C=O) groups excluding carboxylic acids is 1. The molecule has 0 unspecified atom stereocenters. The topological polar surface area (TPSA) is 82.1 Å². The van der Waals surface area contributed by atoms with Crippen molar-refractivity contribution in [2.75, 3.05) is 19.7 Å². The third-order valence-corrected chi connectivity index (χ3v) is 8.70. The highest BCUT2D eigenvalue weighted by atomic mass is 19.2. The average molecular weight is 624 g/mol. The van der Waals surface area contributed by atoms with Gasteiger partial charge in [0.25, 0.3) is 5.91 Å². The fraction of sp³-hybridized carbons (Fsp3) is 0.353. The molecule has 45 heavy (non-hydrogen) atoms. The summed E-state index contributed by atoms with van der Waals surface area (Å²) in [6.45, 7) is 0.813. The van der Waals surface area contributed by atoms with Crippen molar-refractivity contribution in [1.82, 2.24) is 15.1 Å². The molecule has 2 heterocycles. The van der Waals surface area contributed by atoms with Crippen LogP contribution in [0.2, 0.25) is 0 Å². The molecule has 11 heteroatoms. The molecule has 3 aliphatic rings. The molecule has 3 aromatic rings. The molecule has 6 rings (SSSR count). The van der Waals surface area contributed by atoms with Gasteiger partial charge in [-0.15, -0.1) is 0 Å². The number of amides is 2. The van der Waals surface area contributed by atoms with Crippen molar-refractivity contribution in [1.29, 1.82) is 0 Å². The number of carboxylic acid groups (broad SMARTS) is 1. The zero-order valence-corrected chi connectivity index (χ0v) is 24.4. The molecule has 236 valence electrons. The first-order valence-electron chi connectivity index (χ1n) is 15.1. The second kappa shape index (κ2) is 12.9. The Morgan fingerprint density at radius 1 is 0.933 bits per heavy atom. The number of nitrogens with one attached hydrogen (secondary N) is 1. The van der Waals surface area contributed by atoms with Gasteiger partial charge in [0.1, 0.15) is 5.82 Å². The van der Waals surface area contributed by atoms with Gasteiger partial charge in [-0.1, -0.05) is 42.5 Å². The van der Waals surface area contributed by atoms with E-state index in [1.54, 1.807) is 23.1 Å². The number of carbonyl (C=O) groups is 2. The number of hydrogen-bond acceptors (Lipinski definition) is 4. The minimum Gasteiger partial charge on any atom is -0.488 e. The second-order valence-electron chi connectivity index (χ2n) is 11.7. The molecule has 2 fully saturated rings. The summed E-state index contributed by atoms with van der Waals surface area (Å²) in [5, 5.41) is 13.4. The van der Waals surface area contributed by atoms with Crippen LogP contribution >= 0.6 is 0 Å². The number of aryl methyl sites for hydroxylation is 1. The van der Waals surface area contributed by atoms with Crippen molar-refractivity contribution in [2.24, 2.45) is 0 Å². The summed E-state index contributed by atoms with van der Waals surface area (Å²) in [7, 11) is 0. The molecule has 2 bridgehead atoms. The standard InChI is InChI=1S/C34H33F4N3O4/c35-26-6-2-1-5-22(26)19-40(23-11-12-23)33(42)30-25(16-24-17-39-18-29(30)41(24)34(43)44)21-9-7-20(8-10-21)4-3-15-45-32-28(37)14-13-27(36)31(32)38/h1-2,5-10,13-14,23-24,29,39H,3-4,11-12,15-19H2,(H,43,44)/t24-,29-/m1/s1. The predicted molar refractivity (Wildman–Crippen MR) is 158 cm³/mol. The van der Waals surface area contributed by atoms with Gasteiger partial charge in [0.2, 0.25) is 5.82 Å². The van der Waals surface area contributed by atoms with Crippen LogP contribution in [0.5, 0.6) is 5.75 Å². The lowest BCUT2D eigenvalue weighted by molar-refractivity contribution is -0.129. The van der Waals surface area contributed by atoms with Crippen LogP contribution in [0.25, 0.3) is 5.57 Å². The molecule has 0 spiro atoms. The maximum atomic E-state index is 14.6. The lowest BCUT2D eigenvalue weighted by Crippen LogP contribution is -2.63. The van der Waals surface area contributed by atoms with Crippen molar-refractivity contribution in [3.05, 3.63) is 106 Å². The van der Waals surface area contributed by atoms with E-state index in [9.17, 15) is 32.3 Å². The van der Waals surface area contributed by atoms with Crippen LogP contribution in [0.15, 0.2) is 66.2 Å². The highest BCUT2D eigenvalue weighted by Gasteiger charge is 2.46. The normalized spacial score (nSPS) is 19.4. The van der Waals surface area contributed by atoms with Gasteiger partial charge in [-0.2, -0.15) is 4.39 Å². The van der Waals surface area contributed by atoms with Crippen LogP contribution in [-0.4, -0.2) is 64.7 Å². The molecular formula is C34H33F4N3O4. The Morgan fingerprint density at radius 2 is 1.67 bits per heavy atom. The zero-order valence-electron chi connectivity index (χ0n) is 24.4. The fourth-order valence-electron chi connectivity index (χ4n) is 6.31. The van der Waals surface area contributed by atoms with Crippen LogP contribution in [0.1, 0.15) is 42.4 Å². The Balaban J connectivity index is 1.25. The first-order chi connectivity index (χ1) is 21.7. The van der Waals surface area contributed by atoms with Gasteiger partial charge in [0.05, 0.1) is 18.7 Å². The first kappa shape index (κ1) is 30.6. The van der Waals surface area contributed by atoms with Gasteiger partial charge in [0, 0.05) is 36.8 Å². The second-order valence-corrected chi connectivity index (χ2v) is 11.7. The third-order valence-electron chi connectivity index (χ3n) is 8.70. The largest absolute Gasteiger partial charge is 0.488 e. The average Bonchev–Trinajstić information content (AvgIpc) is 3.87.